The molecule has 1 aliphatic heterocycles. The smallest absolute Gasteiger partial charge is 0.229 e. The van der Waals surface area contributed by atoms with E-state index in [4.69, 9.17) is 11.6 Å². The van der Waals surface area contributed by atoms with Crippen LogP contribution >= 0.6 is 11.6 Å². The second-order valence-corrected chi connectivity index (χ2v) is 6.26. The van der Waals surface area contributed by atoms with Gasteiger partial charge in [0.05, 0.1) is 0 Å². The van der Waals surface area contributed by atoms with Crippen molar-refractivity contribution in [3.63, 3.8) is 0 Å². The van der Waals surface area contributed by atoms with E-state index in [1.165, 1.54) is 0 Å². The zero-order valence-corrected chi connectivity index (χ0v) is 14.5. The number of aromatic nitrogens is 2. The third-order valence-electron chi connectivity index (χ3n) is 3.97. The number of piperazine rings is 1. The lowest BCUT2D eigenvalue weighted by molar-refractivity contribution is -0.129. The Hall–Kier alpha value is -2.34. The van der Waals surface area contributed by atoms with Gasteiger partial charge in [-0.25, -0.2) is 4.98 Å². The molecule has 7 heteroatoms. The zero-order valence-electron chi connectivity index (χ0n) is 13.8. The van der Waals surface area contributed by atoms with Gasteiger partial charge < -0.3 is 15.1 Å². The number of anilines is 3. The number of carbonyl (C=O) groups excluding carboxylic acids is 1. The van der Waals surface area contributed by atoms with Crippen LogP contribution in [-0.2, 0) is 4.79 Å². The van der Waals surface area contributed by atoms with Gasteiger partial charge >= 0.3 is 0 Å². The van der Waals surface area contributed by atoms with Crippen molar-refractivity contribution in [2.45, 2.75) is 13.8 Å². The van der Waals surface area contributed by atoms with Gasteiger partial charge in [-0.05, 0) is 25.1 Å². The number of hydrogen-bond acceptors (Lipinski definition) is 5. The highest BCUT2D eigenvalue weighted by atomic mass is 35.5. The fraction of sp³-hybridized carbons (Fsp3) is 0.353. The zero-order chi connectivity index (χ0) is 17.1. The second kappa shape index (κ2) is 7.05. The molecule has 6 nitrogen and oxygen atoms in total. The Bertz CT molecular complexity index is 744. The van der Waals surface area contributed by atoms with Crippen LogP contribution in [0, 0.1) is 6.92 Å². The molecule has 0 bridgehead atoms. The molecule has 0 unspecified atom stereocenters. The van der Waals surface area contributed by atoms with E-state index >= 15 is 0 Å². The molecule has 3 rings (SSSR count). The first-order valence-electron chi connectivity index (χ1n) is 7.90. The van der Waals surface area contributed by atoms with Gasteiger partial charge in [-0.3, -0.25) is 4.79 Å². The molecule has 1 aromatic carbocycles. The fourth-order valence-electron chi connectivity index (χ4n) is 2.72. The molecular formula is C17H20ClN5O. The molecule has 1 aromatic heterocycles. The van der Waals surface area contributed by atoms with Crippen molar-refractivity contribution in [1.29, 1.82) is 0 Å². The van der Waals surface area contributed by atoms with Gasteiger partial charge in [0.15, 0.2) is 0 Å². The molecule has 24 heavy (non-hydrogen) atoms. The van der Waals surface area contributed by atoms with E-state index in [-0.39, 0.29) is 5.91 Å². The molecule has 1 amide bonds. The number of amides is 1. The van der Waals surface area contributed by atoms with Gasteiger partial charge in [0.2, 0.25) is 11.9 Å². The molecule has 0 atom stereocenters. The average molecular weight is 346 g/mol. The lowest BCUT2D eigenvalue weighted by atomic mass is 10.3. The molecule has 0 radical (unpaired) electrons. The van der Waals surface area contributed by atoms with E-state index in [0.29, 0.717) is 11.0 Å². The van der Waals surface area contributed by atoms with Gasteiger partial charge in [0.1, 0.15) is 5.82 Å². The van der Waals surface area contributed by atoms with Crippen molar-refractivity contribution >= 4 is 35.0 Å². The summed E-state index contributed by atoms with van der Waals surface area (Å²) in [6, 6.07) is 9.42. The van der Waals surface area contributed by atoms with E-state index < -0.39 is 0 Å². The molecular weight excluding hydrogens is 326 g/mol. The van der Waals surface area contributed by atoms with Crippen LogP contribution < -0.4 is 10.2 Å². The second-order valence-electron chi connectivity index (χ2n) is 5.82. The molecule has 0 aliphatic carbocycles. The Morgan fingerprint density at radius 3 is 2.58 bits per heavy atom. The van der Waals surface area contributed by atoms with Crippen LogP contribution in [0.1, 0.15) is 12.6 Å². The predicted octanol–water partition coefficient (Wildman–Crippen LogP) is 2.85. The lowest BCUT2D eigenvalue weighted by Crippen LogP contribution is -2.48. The first kappa shape index (κ1) is 16.5. The van der Waals surface area contributed by atoms with E-state index in [9.17, 15) is 4.79 Å². The van der Waals surface area contributed by atoms with Crippen LogP contribution in [0.2, 0.25) is 5.02 Å². The molecule has 1 aliphatic rings. The summed E-state index contributed by atoms with van der Waals surface area (Å²) >= 11 is 6.01. The van der Waals surface area contributed by atoms with E-state index in [0.717, 1.165) is 43.4 Å². The summed E-state index contributed by atoms with van der Waals surface area (Å²) in [7, 11) is 0. The van der Waals surface area contributed by atoms with Crippen LogP contribution in [-0.4, -0.2) is 47.0 Å². The highest BCUT2D eigenvalue weighted by Gasteiger charge is 2.20. The van der Waals surface area contributed by atoms with Crippen molar-refractivity contribution in [2.75, 3.05) is 36.4 Å². The van der Waals surface area contributed by atoms with Gasteiger partial charge in [0.25, 0.3) is 0 Å². The van der Waals surface area contributed by atoms with Gasteiger partial charge in [-0.15, -0.1) is 0 Å². The Kier molecular flexibility index (Phi) is 4.85. The number of rotatable bonds is 3. The minimum Gasteiger partial charge on any atom is -0.353 e. The Labute approximate surface area is 146 Å². The van der Waals surface area contributed by atoms with Crippen molar-refractivity contribution in [3.05, 3.63) is 41.0 Å². The molecule has 126 valence electrons. The van der Waals surface area contributed by atoms with Gasteiger partial charge in [0, 0.05) is 55.6 Å². The van der Waals surface area contributed by atoms with Gasteiger partial charge in [-0.2, -0.15) is 4.98 Å². The number of carbonyl (C=O) groups is 1. The van der Waals surface area contributed by atoms with Crippen molar-refractivity contribution in [1.82, 2.24) is 14.9 Å². The molecule has 2 aromatic rings. The fourth-order valence-corrected chi connectivity index (χ4v) is 2.91. The molecule has 1 fully saturated rings. The molecule has 1 N–H and O–H groups in total. The normalized spacial score (nSPS) is 14.6. The number of hydrogen-bond donors (Lipinski definition) is 1. The largest absolute Gasteiger partial charge is 0.353 e. The average Bonchev–Trinajstić information content (AvgIpc) is 2.54. The van der Waals surface area contributed by atoms with Crippen LogP contribution in [0.15, 0.2) is 30.3 Å². The standard InChI is InChI=1S/C17H20ClN5O/c1-12-10-16(23-8-6-22(7-9-23)13(2)24)21-17(19-12)20-15-5-3-4-14(18)11-15/h3-5,10-11H,6-9H2,1-2H3,(H,19,20,21). The molecule has 2 heterocycles. The predicted molar refractivity (Wildman–Crippen MR) is 96.0 cm³/mol. The van der Waals surface area contributed by atoms with E-state index in [1.807, 2.05) is 42.2 Å². The molecule has 1 saturated heterocycles. The number of halogens is 1. The first-order valence-corrected chi connectivity index (χ1v) is 8.28. The minimum atomic E-state index is 0.122. The van der Waals surface area contributed by atoms with Crippen molar-refractivity contribution < 1.29 is 4.79 Å². The monoisotopic (exact) mass is 345 g/mol. The van der Waals surface area contributed by atoms with Crippen LogP contribution in [0.25, 0.3) is 0 Å². The summed E-state index contributed by atoms with van der Waals surface area (Å²) in [5.41, 5.74) is 1.74. The SMILES string of the molecule is CC(=O)N1CCN(c2cc(C)nc(Nc3cccc(Cl)c3)n2)CC1. The topological polar surface area (TPSA) is 61.4 Å². The highest BCUT2D eigenvalue weighted by molar-refractivity contribution is 6.30. The summed E-state index contributed by atoms with van der Waals surface area (Å²) < 4.78 is 0. The summed E-state index contributed by atoms with van der Waals surface area (Å²) in [5.74, 6) is 1.54. The maximum Gasteiger partial charge on any atom is 0.229 e. The minimum absolute atomic E-state index is 0.122. The summed E-state index contributed by atoms with van der Waals surface area (Å²) in [6.45, 7) is 6.53. The van der Waals surface area contributed by atoms with Crippen molar-refractivity contribution in [2.24, 2.45) is 0 Å². The number of nitrogens with zero attached hydrogens (tertiary/aromatic N) is 4. The van der Waals surface area contributed by atoms with Gasteiger partial charge in [-0.1, -0.05) is 17.7 Å². The third-order valence-corrected chi connectivity index (χ3v) is 4.21. The molecule has 0 spiro atoms. The quantitative estimate of drug-likeness (QED) is 0.926. The Morgan fingerprint density at radius 1 is 1.17 bits per heavy atom. The Morgan fingerprint density at radius 2 is 1.92 bits per heavy atom. The summed E-state index contributed by atoms with van der Waals surface area (Å²) in [6.07, 6.45) is 0. The van der Waals surface area contributed by atoms with Crippen LogP contribution in [0.3, 0.4) is 0 Å². The van der Waals surface area contributed by atoms with E-state index in [2.05, 4.69) is 20.2 Å². The van der Waals surface area contributed by atoms with E-state index in [1.54, 1.807) is 6.92 Å². The maximum atomic E-state index is 11.4. The van der Waals surface area contributed by atoms with Crippen LogP contribution in [0.4, 0.5) is 17.5 Å². The number of aryl methyl sites for hydroxylation is 1. The highest BCUT2D eigenvalue weighted by Crippen LogP contribution is 2.21. The lowest BCUT2D eigenvalue weighted by Gasteiger charge is -2.35. The molecule has 0 saturated carbocycles. The third kappa shape index (κ3) is 3.94. The number of nitrogens with one attached hydrogen (secondary N) is 1. The van der Waals surface area contributed by atoms with Crippen molar-refractivity contribution in [3.8, 4) is 0 Å². The maximum absolute atomic E-state index is 11.4. The summed E-state index contributed by atoms with van der Waals surface area (Å²) in [4.78, 5) is 24.5. The Balaban J connectivity index is 1.76. The number of benzene rings is 1. The first-order chi connectivity index (χ1) is 11.5. The van der Waals surface area contributed by atoms with Crippen LogP contribution in [0.5, 0.6) is 0 Å². The summed E-state index contributed by atoms with van der Waals surface area (Å²) in [5, 5.41) is 3.85.